The lowest BCUT2D eigenvalue weighted by Crippen LogP contribution is -2.14. The van der Waals surface area contributed by atoms with Crippen molar-refractivity contribution >= 4 is 28.5 Å². The zero-order valence-electron chi connectivity index (χ0n) is 8.50. The molecule has 6 heteroatoms. The van der Waals surface area contributed by atoms with Gasteiger partial charge >= 0.3 is 0 Å². The van der Waals surface area contributed by atoms with Crippen LogP contribution in [0.25, 0.3) is 0 Å². The Morgan fingerprint density at radius 3 is 2.81 bits per heavy atom. The first-order chi connectivity index (χ1) is 7.59. The standard InChI is InChI=1S/C10H12FN3OS/c11-7-3-1-2-4-8(7)14-9(15)5-6-16-10(12)13/h1-4H,5-6H2,(H3,12,13)(H,14,15). The van der Waals surface area contributed by atoms with Gasteiger partial charge in [0.15, 0.2) is 5.17 Å². The van der Waals surface area contributed by atoms with Crippen LogP contribution in [0.1, 0.15) is 6.42 Å². The molecular weight excluding hydrogens is 229 g/mol. The summed E-state index contributed by atoms with van der Waals surface area (Å²) < 4.78 is 13.1. The lowest BCUT2D eigenvalue weighted by atomic mass is 10.3. The molecule has 0 aliphatic carbocycles. The van der Waals surface area contributed by atoms with Crippen LogP contribution in [-0.2, 0) is 4.79 Å². The first-order valence-corrected chi connectivity index (χ1v) is 5.59. The number of amidine groups is 1. The molecule has 1 amide bonds. The molecule has 0 spiro atoms. The smallest absolute Gasteiger partial charge is 0.225 e. The fourth-order valence-electron chi connectivity index (χ4n) is 1.03. The number of amides is 1. The number of anilines is 1. The van der Waals surface area contributed by atoms with E-state index in [-0.39, 0.29) is 23.2 Å². The third-order valence-electron chi connectivity index (χ3n) is 1.73. The second-order valence-corrected chi connectivity index (χ2v) is 4.13. The van der Waals surface area contributed by atoms with E-state index in [2.05, 4.69) is 5.32 Å². The van der Waals surface area contributed by atoms with Crippen molar-refractivity contribution in [2.45, 2.75) is 6.42 Å². The quantitative estimate of drug-likeness (QED) is 0.555. The molecule has 4 nitrogen and oxygen atoms in total. The molecule has 0 aliphatic rings. The van der Waals surface area contributed by atoms with Crippen LogP contribution in [0.15, 0.2) is 24.3 Å². The van der Waals surface area contributed by atoms with E-state index in [1.807, 2.05) is 0 Å². The number of halogens is 1. The predicted molar refractivity (Wildman–Crippen MR) is 64.0 cm³/mol. The van der Waals surface area contributed by atoms with Crippen LogP contribution in [0.3, 0.4) is 0 Å². The SMILES string of the molecule is N=C(N)SCCC(=O)Nc1ccccc1F. The van der Waals surface area contributed by atoms with Crippen LogP contribution in [0.2, 0.25) is 0 Å². The van der Waals surface area contributed by atoms with E-state index in [0.717, 1.165) is 11.8 Å². The number of para-hydroxylation sites is 1. The Labute approximate surface area is 96.9 Å². The summed E-state index contributed by atoms with van der Waals surface area (Å²) in [5.74, 6) is -0.343. The number of nitrogens with one attached hydrogen (secondary N) is 2. The van der Waals surface area contributed by atoms with Crippen molar-refractivity contribution < 1.29 is 9.18 Å². The molecule has 1 aromatic carbocycles. The molecule has 0 fully saturated rings. The zero-order valence-corrected chi connectivity index (χ0v) is 9.31. The summed E-state index contributed by atoms with van der Waals surface area (Å²) in [6, 6.07) is 5.96. The van der Waals surface area contributed by atoms with Crippen molar-refractivity contribution in [2.24, 2.45) is 5.73 Å². The van der Waals surface area contributed by atoms with Gasteiger partial charge in [0.25, 0.3) is 0 Å². The molecule has 1 aromatic rings. The minimum atomic E-state index is -0.463. The van der Waals surface area contributed by atoms with E-state index in [1.165, 1.54) is 12.1 Å². The first kappa shape index (κ1) is 12.5. The van der Waals surface area contributed by atoms with Gasteiger partial charge in [0.1, 0.15) is 5.82 Å². The molecule has 0 aliphatic heterocycles. The molecule has 0 saturated heterocycles. The number of carbonyl (C=O) groups excluding carboxylic acids is 1. The van der Waals surface area contributed by atoms with Crippen LogP contribution < -0.4 is 11.1 Å². The van der Waals surface area contributed by atoms with Gasteiger partial charge < -0.3 is 11.1 Å². The third kappa shape index (κ3) is 4.31. The van der Waals surface area contributed by atoms with E-state index in [0.29, 0.717) is 5.75 Å². The second-order valence-electron chi connectivity index (χ2n) is 2.99. The van der Waals surface area contributed by atoms with Gasteiger partial charge in [0, 0.05) is 12.2 Å². The van der Waals surface area contributed by atoms with E-state index >= 15 is 0 Å². The van der Waals surface area contributed by atoms with Crippen molar-refractivity contribution in [3.05, 3.63) is 30.1 Å². The van der Waals surface area contributed by atoms with Crippen LogP contribution in [0.4, 0.5) is 10.1 Å². The molecule has 0 unspecified atom stereocenters. The summed E-state index contributed by atoms with van der Waals surface area (Å²) in [7, 11) is 0. The van der Waals surface area contributed by atoms with Crippen molar-refractivity contribution in [1.29, 1.82) is 5.41 Å². The summed E-state index contributed by atoms with van der Waals surface area (Å²) >= 11 is 1.08. The van der Waals surface area contributed by atoms with E-state index in [4.69, 9.17) is 11.1 Å². The lowest BCUT2D eigenvalue weighted by molar-refractivity contribution is -0.115. The Bertz CT molecular complexity index is 397. The monoisotopic (exact) mass is 241 g/mol. The first-order valence-electron chi connectivity index (χ1n) is 4.61. The molecule has 0 saturated carbocycles. The average Bonchev–Trinajstić information content (AvgIpc) is 2.21. The minimum Gasteiger partial charge on any atom is -0.379 e. The maximum Gasteiger partial charge on any atom is 0.225 e. The summed E-state index contributed by atoms with van der Waals surface area (Å²) in [6.45, 7) is 0. The number of hydrogen-bond acceptors (Lipinski definition) is 3. The van der Waals surface area contributed by atoms with Crippen molar-refractivity contribution in [2.75, 3.05) is 11.1 Å². The molecule has 16 heavy (non-hydrogen) atoms. The number of nitrogens with two attached hydrogens (primary N) is 1. The number of carbonyl (C=O) groups is 1. The number of hydrogen-bond donors (Lipinski definition) is 3. The highest BCUT2D eigenvalue weighted by molar-refractivity contribution is 8.13. The Morgan fingerprint density at radius 1 is 1.50 bits per heavy atom. The molecule has 0 aromatic heterocycles. The van der Waals surface area contributed by atoms with Gasteiger partial charge in [-0.1, -0.05) is 23.9 Å². The summed E-state index contributed by atoms with van der Waals surface area (Å²) in [5.41, 5.74) is 5.28. The largest absolute Gasteiger partial charge is 0.379 e. The van der Waals surface area contributed by atoms with E-state index in [1.54, 1.807) is 12.1 Å². The maximum atomic E-state index is 13.1. The highest BCUT2D eigenvalue weighted by Crippen LogP contribution is 2.13. The van der Waals surface area contributed by atoms with Gasteiger partial charge in [-0.25, -0.2) is 4.39 Å². The Morgan fingerprint density at radius 2 is 2.19 bits per heavy atom. The fraction of sp³-hybridized carbons (Fsp3) is 0.200. The average molecular weight is 241 g/mol. The topological polar surface area (TPSA) is 79.0 Å². The molecule has 0 heterocycles. The number of benzene rings is 1. The second kappa shape index (κ2) is 6.12. The van der Waals surface area contributed by atoms with Gasteiger partial charge in [0.05, 0.1) is 5.69 Å². The molecular formula is C10H12FN3OS. The molecule has 4 N–H and O–H groups in total. The van der Waals surface area contributed by atoms with Gasteiger partial charge in [-0.2, -0.15) is 0 Å². The number of rotatable bonds is 4. The third-order valence-corrected chi connectivity index (χ3v) is 2.45. The number of thioether (sulfide) groups is 1. The van der Waals surface area contributed by atoms with Crippen molar-refractivity contribution in [3.63, 3.8) is 0 Å². The van der Waals surface area contributed by atoms with Crippen LogP contribution in [0.5, 0.6) is 0 Å². The Kier molecular flexibility index (Phi) is 4.78. The maximum absolute atomic E-state index is 13.1. The van der Waals surface area contributed by atoms with Gasteiger partial charge in [0.2, 0.25) is 5.91 Å². The zero-order chi connectivity index (χ0) is 12.0. The highest BCUT2D eigenvalue weighted by Gasteiger charge is 2.06. The molecule has 1 rings (SSSR count). The molecule has 0 radical (unpaired) electrons. The van der Waals surface area contributed by atoms with Crippen molar-refractivity contribution in [3.8, 4) is 0 Å². The summed E-state index contributed by atoms with van der Waals surface area (Å²) in [5, 5.41) is 9.36. The molecule has 86 valence electrons. The van der Waals surface area contributed by atoms with Gasteiger partial charge in [-0.05, 0) is 12.1 Å². The minimum absolute atomic E-state index is 0.0290. The van der Waals surface area contributed by atoms with Crippen LogP contribution in [-0.4, -0.2) is 16.8 Å². The van der Waals surface area contributed by atoms with Crippen molar-refractivity contribution in [1.82, 2.24) is 0 Å². The van der Waals surface area contributed by atoms with Crippen LogP contribution >= 0.6 is 11.8 Å². The lowest BCUT2D eigenvalue weighted by Gasteiger charge is -2.05. The molecule has 0 atom stereocenters. The van der Waals surface area contributed by atoms with Gasteiger partial charge in [-0.15, -0.1) is 0 Å². The van der Waals surface area contributed by atoms with Gasteiger partial charge in [-0.3, -0.25) is 10.2 Å². The fourth-order valence-corrected chi connectivity index (χ4v) is 1.54. The predicted octanol–water partition coefficient (Wildman–Crippen LogP) is 1.78. The Balaban J connectivity index is 2.40. The highest BCUT2D eigenvalue weighted by atomic mass is 32.2. The van der Waals surface area contributed by atoms with E-state index in [9.17, 15) is 9.18 Å². The Hall–Kier alpha value is -1.56. The summed E-state index contributed by atoms with van der Waals surface area (Å²) in [4.78, 5) is 11.3. The van der Waals surface area contributed by atoms with Crippen LogP contribution in [0, 0.1) is 11.2 Å². The summed E-state index contributed by atoms with van der Waals surface area (Å²) in [6.07, 6.45) is 0.193. The normalized spacial score (nSPS) is 9.81. The van der Waals surface area contributed by atoms with E-state index < -0.39 is 5.82 Å². The molecule has 0 bridgehead atoms.